The van der Waals surface area contributed by atoms with Crippen molar-refractivity contribution in [2.45, 2.75) is 32.2 Å². The third-order valence-corrected chi connectivity index (χ3v) is 1.55. The van der Waals surface area contributed by atoms with Gasteiger partial charge in [0.25, 0.3) is 0 Å². The SMILES string of the molecule is CCC(N)COCCCCO. The van der Waals surface area contributed by atoms with Crippen molar-refractivity contribution in [3.8, 4) is 0 Å². The summed E-state index contributed by atoms with van der Waals surface area (Å²) in [5.41, 5.74) is 5.61. The van der Waals surface area contributed by atoms with Gasteiger partial charge in [-0.25, -0.2) is 0 Å². The van der Waals surface area contributed by atoms with E-state index >= 15 is 0 Å². The molecule has 0 radical (unpaired) electrons. The van der Waals surface area contributed by atoms with Crippen molar-refractivity contribution < 1.29 is 9.84 Å². The summed E-state index contributed by atoms with van der Waals surface area (Å²) < 4.78 is 5.25. The van der Waals surface area contributed by atoms with Gasteiger partial charge in [-0.05, 0) is 19.3 Å². The van der Waals surface area contributed by atoms with E-state index in [9.17, 15) is 0 Å². The molecular formula is C8H19NO2. The fourth-order valence-electron chi connectivity index (χ4n) is 0.668. The van der Waals surface area contributed by atoms with Gasteiger partial charge in [-0.15, -0.1) is 0 Å². The monoisotopic (exact) mass is 161 g/mol. The molecule has 0 aromatic carbocycles. The standard InChI is InChI=1S/C8H19NO2/c1-2-8(9)7-11-6-4-3-5-10/h8,10H,2-7,9H2,1H3. The summed E-state index contributed by atoms with van der Waals surface area (Å²) >= 11 is 0. The molecule has 1 unspecified atom stereocenters. The zero-order chi connectivity index (χ0) is 8.53. The fourth-order valence-corrected chi connectivity index (χ4v) is 0.668. The Hall–Kier alpha value is -0.120. The maximum Gasteiger partial charge on any atom is 0.0617 e. The second kappa shape index (κ2) is 7.98. The van der Waals surface area contributed by atoms with E-state index in [0.29, 0.717) is 13.2 Å². The Kier molecular flexibility index (Phi) is 7.89. The molecule has 0 aliphatic rings. The highest BCUT2D eigenvalue weighted by molar-refractivity contribution is 4.54. The quantitative estimate of drug-likeness (QED) is 0.535. The zero-order valence-electron chi connectivity index (χ0n) is 7.25. The summed E-state index contributed by atoms with van der Waals surface area (Å²) in [5.74, 6) is 0. The number of hydrogen-bond donors (Lipinski definition) is 2. The molecule has 0 heterocycles. The lowest BCUT2D eigenvalue weighted by Gasteiger charge is -2.08. The second-order valence-corrected chi connectivity index (χ2v) is 2.67. The van der Waals surface area contributed by atoms with Crippen LogP contribution in [-0.4, -0.2) is 31.0 Å². The van der Waals surface area contributed by atoms with Crippen LogP contribution in [0.1, 0.15) is 26.2 Å². The second-order valence-electron chi connectivity index (χ2n) is 2.67. The maximum atomic E-state index is 8.44. The van der Waals surface area contributed by atoms with Gasteiger partial charge >= 0.3 is 0 Å². The van der Waals surface area contributed by atoms with Gasteiger partial charge in [-0.2, -0.15) is 0 Å². The number of aliphatic hydroxyl groups excluding tert-OH is 1. The van der Waals surface area contributed by atoms with Crippen LogP contribution < -0.4 is 5.73 Å². The Labute approximate surface area is 68.5 Å². The van der Waals surface area contributed by atoms with Gasteiger partial charge in [0.1, 0.15) is 0 Å². The van der Waals surface area contributed by atoms with Crippen LogP contribution >= 0.6 is 0 Å². The van der Waals surface area contributed by atoms with Gasteiger partial charge in [0.15, 0.2) is 0 Å². The summed E-state index contributed by atoms with van der Waals surface area (Å²) in [4.78, 5) is 0. The predicted molar refractivity (Wildman–Crippen MR) is 45.4 cm³/mol. The van der Waals surface area contributed by atoms with Gasteiger partial charge in [-0.1, -0.05) is 6.92 Å². The number of hydrogen-bond acceptors (Lipinski definition) is 3. The van der Waals surface area contributed by atoms with E-state index in [4.69, 9.17) is 15.6 Å². The van der Waals surface area contributed by atoms with Gasteiger partial charge in [0.2, 0.25) is 0 Å². The number of ether oxygens (including phenoxy) is 1. The predicted octanol–water partition coefficient (Wildman–Crippen LogP) is 0.513. The Balaban J connectivity index is 2.89. The van der Waals surface area contributed by atoms with Crippen LogP contribution in [-0.2, 0) is 4.74 Å². The smallest absolute Gasteiger partial charge is 0.0617 e. The molecule has 0 rings (SSSR count). The lowest BCUT2D eigenvalue weighted by molar-refractivity contribution is 0.112. The van der Waals surface area contributed by atoms with Crippen molar-refractivity contribution in [3.63, 3.8) is 0 Å². The third-order valence-electron chi connectivity index (χ3n) is 1.55. The maximum absolute atomic E-state index is 8.44. The van der Waals surface area contributed by atoms with E-state index in [1.165, 1.54) is 0 Å². The number of rotatable bonds is 7. The summed E-state index contributed by atoms with van der Waals surface area (Å²) in [6.45, 7) is 3.65. The molecule has 0 aromatic rings. The summed E-state index contributed by atoms with van der Waals surface area (Å²) in [6.07, 6.45) is 2.70. The number of nitrogens with two attached hydrogens (primary N) is 1. The average Bonchev–Trinajstić information content (AvgIpc) is 2.04. The molecule has 0 spiro atoms. The van der Waals surface area contributed by atoms with Crippen LogP contribution in [0.25, 0.3) is 0 Å². The van der Waals surface area contributed by atoms with Crippen LogP contribution in [0.15, 0.2) is 0 Å². The summed E-state index contributed by atoms with van der Waals surface area (Å²) in [5, 5.41) is 8.44. The molecule has 68 valence electrons. The number of unbranched alkanes of at least 4 members (excludes halogenated alkanes) is 1. The minimum absolute atomic E-state index is 0.170. The van der Waals surface area contributed by atoms with E-state index in [-0.39, 0.29) is 12.6 Å². The van der Waals surface area contributed by atoms with Crippen LogP contribution in [0.4, 0.5) is 0 Å². The lowest BCUT2D eigenvalue weighted by atomic mass is 10.3. The minimum Gasteiger partial charge on any atom is -0.396 e. The average molecular weight is 161 g/mol. The molecule has 0 aliphatic heterocycles. The number of aliphatic hydroxyl groups is 1. The molecular weight excluding hydrogens is 142 g/mol. The topological polar surface area (TPSA) is 55.5 Å². The highest BCUT2D eigenvalue weighted by Crippen LogP contribution is 1.91. The van der Waals surface area contributed by atoms with E-state index in [0.717, 1.165) is 19.3 Å². The van der Waals surface area contributed by atoms with Crippen molar-refractivity contribution in [2.75, 3.05) is 19.8 Å². The molecule has 0 amide bonds. The van der Waals surface area contributed by atoms with Crippen LogP contribution in [0, 0.1) is 0 Å². The Morgan fingerprint density at radius 1 is 1.45 bits per heavy atom. The molecule has 0 bridgehead atoms. The molecule has 3 N–H and O–H groups in total. The summed E-state index contributed by atoms with van der Waals surface area (Å²) in [7, 11) is 0. The van der Waals surface area contributed by atoms with E-state index in [1.54, 1.807) is 0 Å². The third kappa shape index (κ3) is 7.78. The molecule has 1 atom stereocenters. The Bertz CT molecular complexity index is 78.5. The van der Waals surface area contributed by atoms with Gasteiger partial charge in [0.05, 0.1) is 6.61 Å². The van der Waals surface area contributed by atoms with E-state index in [2.05, 4.69) is 0 Å². The molecule has 0 saturated carbocycles. The Morgan fingerprint density at radius 3 is 2.73 bits per heavy atom. The first kappa shape index (κ1) is 10.9. The Morgan fingerprint density at radius 2 is 2.18 bits per heavy atom. The largest absolute Gasteiger partial charge is 0.396 e. The fraction of sp³-hybridized carbons (Fsp3) is 1.00. The highest BCUT2D eigenvalue weighted by Gasteiger charge is 1.97. The first-order valence-electron chi connectivity index (χ1n) is 4.25. The van der Waals surface area contributed by atoms with Crippen LogP contribution in [0.5, 0.6) is 0 Å². The molecule has 11 heavy (non-hydrogen) atoms. The van der Waals surface area contributed by atoms with Crippen molar-refractivity contribution in [1.29, 1.82) is 0 Å². The van der Waals surface area contributed by atoms with Crippen molar-refractivity contribution >= 4 is 0 Å². The van der Waals surface area contributed by atoms with Crippen molar-refractivity contribution in [2.24, 2.45) is 5.73 Å². The molecule has 0 saturated heterocycles. The highest BCUT2D eigenvalue weighted by atomic mass is 16.5. The van der Waals surface area contributed by atoms with E-state index in [1.807, 2.05) is 6.92 Å². The molecule has 0 aromatic heterocycles. The van der Waals surface area contributed by atoms with E-state index < -0.39 is 0 Å². The molecule has 3 heteroatoms. The molecule has 3 nitrogen and oxygen atoms in total. The van der Waals surface area contributed by atoms with Gasteiger partial charge in [-0.3, -0.25) is 0 Å². The first-order valence-corrected chi connectivity index (χ1v) is 4.25. The lowest BCUT2D eigenvalue weighted by Crippen LogP contribution is -2.25. The van der Waals surface area contributed by atoms with Crippen molar-refractivity contribution in [3.05, 3.63) is 0 Å². The van der Waals surface area contributed by atoms with Crippen molar-refractivity contribution in [1.82, 2.24) is 0 Å². The zero-order valence-corrected chi connectivity index (χ0v) is 7.25. The summed E-state index contributed by atoms with van der Waals surface area (Å²) in [6, 6.07) is 0.170. The van der Waals surface area contributed by atoms with Gasteiger partial charge in [0, 0.05) is 19.3 Å². The van der Waals surface area contributed by atoms with Gasteiger partial charge < -0.3 is 15.6 Å². The van der Waals surface area contributed by atoms with Crippen LogP contribution in [0.3, 0.4) is 0 Å². The molecule has 0 aliphatic carbocycles. The first-order chi connectivity index (χ1) is 5.31. The normalized spacial score (nSPS) is 13.4. The van der Waals surface area contributed by atoms with Crippen LogP contribution in [0.2, 0.25) is 0 Å². The minimum atomic E-state index is 0.170. The molecule has 0 fully saturated rings.